The highest BCUT2D eigenvalue weighted by Crippen LogP contribution is 2.43. The lowest BCUT2D eigenvalue weighted by Crippen LogP contribution is -2.31. The van der Waals surface area contributed by atoms with Crippen LogP contribution >= 0.6 is 0 Å². The first-order chi connectivity index (χ1) is 16.3. The zero-order chi connectivity index (χ0) is 24.8. The fourth-order valence-electron chi connectivity index (χ4n) is 4.16. The Balaban J connectivity index is 2.15. The van der Waals surface area contributed by atoms with Crippen LogP contribution in [0.5, 0.6) is 11.5 Å². The third kappa shape index (κ3) is 5.27. The largest absolute Gasteiger partial charge is 0.507 e. The smallest absolute Gasteiger partial charge is 0.295 e. The lowest BCUT2D eigenvalue weighted by Gasteiger charge is -2.27. The Bertz CT molecular complexity index is 1070. The van der Waals surface area contributed by atoms with Crippen LogP contribution in [0.25, 0.3) is 5.76 Å². The number of hydrogen-bond donors (Lipinski definition) is 1. The molecule has 1 atom stereocenters. The molecule has 1 heterocycles. The summed E-state index contributed by atoms with van der Waals surface area (Å²) in [7, 11) is 0. The third-order valence-electron chi connectivity index (χ3n) is 5.78. The molecule has 1 unspecified atom stereocenters. The number of nitrogens with zero attached hydrogens (tertiary/aromatic N) is 1. The van der Waals surface area contributed by atoms with Crippen molar-refractivity contribution in [1.82, 2.24) is 4.90 Å². The Morgan fingerprint density at radius 3 is 2.44 bits per heavy atom. The van der Waals surface area contributed by atoms with Crippen molar-refractivity contribution in [2.45, 2.75) is 66.0 Å². The van der Waals surface area contributed by atoms with E-state index in [1.807, 2.05) is 58.9 Å². The van der Waals surface area contributed by atoms with E-state index in [1.165, 1.54) is 0 Å². The summed E-state index contributed by atoms with van der Waals surface area (Å²) in [5.41, 5.74) is 2.09. The van der Waals surface area contributed by atoms with Crippen molar-refractivity contribution < 1.29 is 24.2 Å². The minimum atomic E-state index is -0.724. The van der Waals surface area contributed by atoms with Gasteiger partial charge in [-0.1, -0.05) is 38.5 Å². The van der Waals surface area contributed by atoms with Crippen LogP contribution in [0.3, 0.4) is 0 Å². The minimum Gasteiger partial charge on any atom is -0.507 e. The van der Waals surface area contributed by atoms with Gasteiger partial charge in [-0.3, -0.25) is 9.59 Å². The molecule has 0 aliphatic carbocycles. The second kappa shape index (κ2) is 11.2. The van der Waals surface area contributed by atoms with Gasteiger partial charge >= 0.3 is 0 Å². The molecular weight excluding hydrogens is 430 g/mol. The van der Waals surface area contributed by atoms with Gasteiger partial charge in [0.2, 0.25) is 0 Å². The molecule has 1 saturated heterocycles. The number of carbonyl (C=O) groups excluding carboxylic acids is 2. The number of aliphatic hydroxyl groups excluding tert-OH is 1. The van der Waals surface area contributed by atoms with Gasteiger partial charge in [0, 0.05) is 17.7 Å². The summed E-state index contributed by atoms with van der Waals surface area (Å²) < 4.78 is 11.8. The molecule has 3 rings (SSSR count). The van der Waals surface area contributed by atoms with Crippen LogP contribution in [0.1, 0.15) is 69.7 Å². The number of amides is 1. The molecule has 0 bridgehead atoms. The molecule has 1 amide bonds. The van der Waals surface area contributed by atoms with Gasteiger partial charge < -0.3 is 19.5 Å². The van der Waals surface area contributed by atoms with E-state index in [0.29, 0.717) is 30.0 Å². The van der Waals surface area contributed by atoms with Crippen LogP contribution in [0.4, 0.5) is 0 Å². The Kier molecular flexibility index (Phi) is 8.37. The van der Waals surface area contributed by atoms with Gasteiger partial charge in [-0.2, -0.15) is 0 Å². The van der Waals surface area contributed by atoms with E-state index >= 15 is 0 Å². The topological polar surface area (TPSA) is 76.1 Å². The van der Waals surface area contributed by atoms with Crippen molar-refractivity contribution in [2.24, 2.45) is 0 Å². The fourth-order valence-corrected chi connectivity index (χ4v) is 4.16. The molecule has 1 N–H and O–H groups in total. The van der Waals surface area contributed by atoms with Crippen molar-refractivity contribution in [3.63, 3.8) is 0 Å². The molecule has 1 fully saturated rings. The Labute approximate surface area is 202 Å². The number of hydrogen-bond acceptors (Lipinski definition) is 5. The number of benzene rings is 2. The van der Waals surface area contributed by atoms with E-state index in [2.05, 4.69) is 0 Å². The number of ketones is 1. The normalized spacial score (nSPS) is 17.5. The SMILES string of the molecule is CCCCN1C(=O)C(=O)/C(=C(\O)c2ccc(OCCC)c(C)c2)C1c1ccccc1OC(C)C. The maximum absolute atomic E-state index is 13.2. The standard InChI is InChI=1S/C28H35NO5/c1-6-8-15-29-25(21-11-9-10-12-23(21)34-18(3)4)24(27(31)28(29)32)26(30)20-13-14-22(19(5)17-20)33-16-7-2/h9-14,17-18,25,30H,6-8,15-16H2,1-5H3/b26-24-. The van der Waals surface area contributed by atoms with Crippen LogP contribution in [0.2, 0.25) is 0 Å². The van der Waals surface area contributed by atoms with E-state index in [4.69, 9.17) is 9.47 Å². The van der Waals surface area contributed by atoms with Crippen LogP contribution in [0, 0.1) is 6.92 Å². The average molecular weight is 466 g/mol. The van der Waals surface area contributed by atoms with Gasteiger partial charge in [-0.25, -0.2) is 0 Å². The minimum absolute atomic E-state index is 0.0857. The lowest BCUT2D eigenvalue weighted by molar-refractivity contribution is -0.139. The van der Waals surface area contributed by atoms with E-state index in [1.54, 1.807) is 23.1 Å². The summed E-state index contributed by atoms with van der Waals surface area (Å²) in [6, 6.07) is 12.0. The molecule has 1 aliphatic rings. The Morgan fingerprint density at radius 1 is 1.06 bits per heavy atom. The van der Waals surface area contributed by atoms with Crippen molar-refractivity contribution in [2.75, 3.05) is 13.2 Å². The second-order valence-corrected chi connectivity index (χ2v) is 8.88. The van der Waals surface area contributed by atoms with Crippen LogP contribution in [-0.2, 0) is 9.59 Å². The molecule has 2 aromatic carbocycles. The number of aryl methyl sites for hydroxylation is 1. The summed E-state index contributed by atoms with van der Waals surface area (Å²) in [5.74, 6) is -0.141. The van der Waals surface area contributed by atoms with E-state index in [9.17, 15) is 14.7 Å². The highest BCUT2D eigenvalue weighted by atomic mass is 16.5. The molecule has 2 aromatic rings. The summed E-state index contributed by atoms with van der Waals surface area (Å²) in [6.45, 7) is 10.8. The van der Waals surface area contributed by atoms with Crippen molar-refractivity contribution >= 4 is 17.4 Å². The molecular formula is C28H35NO5. The predicted octanol–water partition coefficient (Wildman–Crippen LogP) is 5.79. The number of rotatable bonds is 10. The van der Waals surface area contributed by atoms with E-state index < -0.39 is 17.7 Å². The molecule has 0 spiro atoms. The van der Waals surface area contributed by atoms with Crippen molar-refractivity contribution in [1.29, 1.82) is 0 Å². The molecule has 6 heteroatoms. The van der Waals surface area contributed by atoms with Gasteiger partial charge in [-0.05, 0) is 63.4 Å². The van der Waals surface area contributed by atoms with Gasteiger partial charge in [0.05, 0.1) is 24.3 Å². The first kappa shape index (κ1) is 25.3. The predicted molar refractivity (Wildman–Crippen MR) is 133 cm³/mol. The zero-order valence-corrected chi connectivity index (χ0v) is 20.8. The molecule has 0 radical (unpaired) electrons. The molecule has 182 valence electrons. The number of likely N-dealkylation sites (tertiary alicyclic amines) is 1. The van der Waals surface area contributed by atoms with Crippen LogP contribution in [-0.4, -0.2) is 41.0 Å². The van der Waals surface area contributed by atoms with E-state index in [-0.39, 0.29) is 17.4 Å². The highest BCUT2D eigenvalue weighted by Gasteiger charge is 2.46. The number of aliphatic hydroxyl groups is 1. The van der Waals surface area contributed by atoms with Gasteiger partial charge in [0.15, 0.2) is 0 Å². The zero-order valence-electron chi connectivity index (χ0n) is 20.8. The molecule has 0 aromatic heterocycles. The second-order valence-electron chi connectivity index (χ2n) is 8.88. The van der Waals surface area contributed by atoms with Gasteiger partial charge in [-0.15, -0.1) is 0 Å². The van der Waals surface area contributed by atoms with Crippen molar-refractivity contribution in [3.8, 4) is 11.5 Å². The first-order valence-corrected chi connectivity index (χ1v) is 12.1. The van der Waals surface area contributed by atoms with Crippen LogP contribution in [0.15, 0.2) is 48.0 Å². The first-order valence-electron chi connectivity index (χ1n) is 12.1. The van der Waals surface area contributed by atoms with Gasteiger partial charge in [0.25, 0.3) is 11.7 Å². The number of ether oxygens (including phenoxy) is 2. The van der Waals surface area contributed by atoms with E-state index in [0.717, 1.165) is 30.6 Å². The number of Topliss-reactive ketones (excluding diaryl/α,β-unsaturated/α-hetero) is 1. The number of unbranched alkanes of at least 4 members (excludes halogenated alkanes) is 1. The summed E-state index contributed by atoms with van der Waals surface area (Å²) in [4.78, 5) is 27.9. The lowest BCUT2D eigenvalue weighted by atomic mass is 9.94. The number of carbonyl (C=O) groups is 2. The summed E-state index contributed by atoms with van der Waals surface area (Å²) >= 11 is 0. The molecule has 0 saturated carbocycles. The maximum Gasteiger partial charge on any atom is 0.295 e. The number of para-hydroxylation sites is 1. The fraction of sp³-hybridized carbons (Fsp3) is 0.429. The third-order valence-corrected chi connectivity index (χ3v) is 5.78. The highest BCUT2D eigenvalue weighted by molar-refractivity contribution is 6.46. The Morgan fingerprint density at radius 2 is 1.79 bits per heavy atom. The molecule has 34 heavy (non-hydrogen) atoms. The quantitative estimate of drug-likeness (QED) is 0.273. The Hall–Kier alpha value is -3.28. The maximum atomic E-state index is 13.2. The monoisotopic (exact) mass is 465 g/mol. The van der Waals surface area contributed by atoms with Crippen LogP contribution < -0.4 is 9.47 Å². The average Bonchev–Trinajstić information content (AvgIpc) is 3.06. The summed E-state index contributed by atoms with van der Waals surface area (Å²) in [5, 5.41) is 11.3. The molecule has 6 nitrogen and oxygen atoms in total. The van der Waals surface area contributed by atoms with Crippen molar-refractivity contribution in [3.05, 3.63) is 64.7 Å². The molecule has 1 aliphatic heterocycles. The summed E-state index contributed by atoms with van der Waals surface area (Å²) in [6.07, 6.45) is 2.43. The van der Waals surface area contributed by atoms with Gasteiger partial charge in [0.1, 0.15) is 17.3 Å².